The molecule has 1 aromatic rings. The lowest BCUT2D eigenvalue weighted by atomic mass is 9.85. The van der Waals surface area contributed by atoms with Crippen LogP contribution in [0.4, 0.5) is 0 Å². The summed E-state index contributed by atoms with van der Waals surface area (Å²) in [5, 5.41) is 3.73. The van der Waals surface area contributed by atoms with Crippen LogP contribution in [-0.2, 0) is 0 Å². The topological polar surface area (TPSA) is 21.3 Å². The van der Waals surface area contributed by atoms with Gasteiger partial charge in [-0.05, 0) is 50.8 Å². The molecule has 112 valence electrons. The van der Waals surface area contributed by atoms with E-state index in [0.29, 0.717) is 12.0 Å². The van der Waals surface area contributed by atoms with Gasteiger partial charge < -0.3 is 10.1 Å². The molecule has 1 aromatic carbocycles. The summed E-state index contributed by atoms with van der Waals surface area (Å²) in [7, 11) is 0. The minimum Gasteiger partial charge on any atom is -0.487 e. The first-order valence-corrected chi connectivity index (χ1v) is 7.89. The minimum absolute atomic E-state index is 0.0554. The summed E-state index contributed by atoms with van der Waals surface area (Å²) in [5.41, 5.74) is 3.88. The SMILES string of the molecule is CCC1(C)CC(NCC(C)C)c2ccc(C)c(C)c2O1. The molecule has 0 bridgehead atoms. The Morgan fingerprint density at radius 2 is 2.05 bits per heavy atom. The summed E-state index contributed by atoms with van der Waals surface area (Å²) < 4.78 is 6.38. The Morgan fingerprint density at radius 3 is 2.65 bits per heavy atom. The molecule has 0 aromatic heterocycles. The predicted octanol–water partition coefficient (Wildman–Crippen LogP) is 4.54. The lowest BCUT2D eigenvalue weighted by molar-refractivity contribution is 0.0429. The Bertz CT molecular complexity index is 481. The van der Waals surface area contributed by atoms with Gasteiger partial charge in [-0.1, -0.05) is 32.9 Å². The molecule has 1 N–H and O–H groups in total. The average Bonchev–Trinajstić information content (AvgIpc) is 2.41. The van der Waals surface area contributed by atoms with Gasteiger partial charge in [0, 0.05) is 18.0 Å². The lowest BCUT2D eigenvalue weighted by Gasteiger charge is -2.41. The quantitative estimate of drug-likeness (QED) is 0.871. The van der Waals surface area contributed by atoms with Crippen molar-refractivity contribution in [1.29, 1.82) is 0 Å². The molecular weight excluding hydrogens is 246 g/mol. The lowest BCUT2D eigenvalue weighted by Crippen LogP contribution is -2.42. The first-order chi connectivity index (χ1) is 9.36. The fourth-order valence-corrected chi connectivity index (χ4v) is 2.83. The smallest absolute Gasteiger partial charge is 0.128 e. The van der Waals surface area contributed by atoms with Crippen LogP contribution in [-0.4, -0.2) is 12.1 Å². The zero-order valence-electron chi connectivity index (χ0n) is 13.8. The Labute approximate surface area is 123 Å². The molecule has 0 saturated heterocycles. The number of fused-ring (bicyclic) bond motifs is 1. The van der Waals surface area contributed by atoms with E-state index in [1.807, 2.05) is 0 Å². The van der Waals surface area contributed by atoms with Gasteiger partial charge >= 0.3 is 0 Å². The van der Waals surface area contributed by atoms with Crippen molar-refractivity contribution >= 4 is 0 Å². The fraction of sp³-hybridized carbons (Fsp3) is 0.667. The van der Waals surface area contributed by atoms with Gasteiger partial charge in [0.05, 0.1) is 0 Å². The zero-order chi connectivity index (χ0) is 14.9. The van der Waals surface area contributed by atoms with Crippen molar-refractivity contribution in [1.82, 2.24) is 5.32 Å². The molecule has 0 amide bonds. The molecular formula is C18H29NO. The van der Waals surface area contributed by atoms with E-state index in [-0.39, 0.29) is 5.60 Å². The van der Waals surface area contributed by atoms with E-state index >= 15 is 0 Å². The van der Waals surface area contributed by atoms with E-state index < -0.39 is 0 Å². The maximum Gasteiger partial charge on any atom is 0.128 e. The van der Waals surface area contributed by atoms with Gasteiger partial charge in [-0.15, -0.1) is 0 Å². The van der Waals surface area contributed by atoms with Crippen LogP contribution in [0.3, 0.4) is 0 Å². The highest BCUT2D eigenvalue weighted by molar-refractivity contribution is 5.48. The number of rotatable bonds is 4. The van der Waals surface area contributed by atoms with Crippen LogP contribution in [0.1, 0.15) is 63.3 Å². The number of hydrogen-bond donors (Lipinski definition) is 1. The van der Waals surface area contributed by atoms with Crippen molar-refractivity contribution in [2.75, 3.05) is 6.54 Å². The summed E-state index contributed by atoms with van der Waals surface area (Å²) in [4.78, 5) is 0. The summed E-state index contributed by atoms with van der Waals surface area (Å²) in [6, 6.07) is 4.87. The normalized spacial score (nSPS) is 25.4. The minimum atomic E-state index is -0.0554. The van der Waals surface area contributed by atoms with E-state index in [1.54, 1.807) is 0 Å². The molecule has 0 radical (unpaired) electrons. The molecule has 0 fully saturated rings. The van der Waals surface area contributed by atoms with E-state index in [1.165, 1.54) is 16.7 Å². The first kappa shape index (κ1) is 15.4. The second-order valence-electron chi connectivity index (χ2n) is 6.89. The van der Waals surface area contributed by atoms with Crippen LogP contribution in [0.2, 0.25) is 0 Å². The van der Waals surface area contributed by atoms with Gasteiger partial charge in [-0.2, -0.15) is 0 Å². The van der Waals surface area contributed by atoms with Crippen molar-refractivity contribution in [3.8, 4) is 5.75 Å². The van der Waals surface area contributed by atoms with Crippen LogP contribution < -0.4 is 10.1 Å². The number of aryl methyl sites for hydroxylation is 1. The van der Waals surface area contributed by atoms with Crippen LogP contribution in [0, 0.1) is 19.8 Å². The van der Waals surface area contributed by atoms with Gasteiger partial charge in [-0.25, -0.2) is 0 Å². The molecule has 1 aliphatic heterocycles. The predicted molar refractivity (Wildman–Crippen MR) is 85.4 cm³/mol. The van der Waals surface area contributed by atoms with Gasteiger partial charge in [0.25, 0.3) is 0 Å². The largest absolute Gasteiger partial charge is 0.487 e. The third kappa shape index (κ3) is 3.01. The Kier molecular flexibility index (Phi) is 4.43. The van der Waals surface area contributed by atoms with E-state index in [0.717, 1.165) is 25.1 Å². The highest BCUT2D eigenvalue weighted by atomic mass is 16.5. The van der Waals surface area contributed by atoms with Crippen molar-refractivity contribution in [2.24, 2.45) is 5.92 Å². The molecule has 2 heteroatoms. The number of hydrogen-bond acceptors (Lipinski definition) is 2. The standard InChI is InChI=1S/C18H29NO/c1-7-18(6)10-16(19-11-12(2)3)15-9-8-13(4)14(5)17(15)20-18/h8-9,12,16,19H,7,10-11H2,1-6H3. The maximum atomic E-state index is 6.38. The fourth-order valence-electron chi connectivity index (χ4n) is 2.83. The van der Waals surface area contributed by atoms with Crippen LogP contribution in [0.25, 0.3) is 0 Å². The summed E-state index contributed by atoms with van der Waals surface area (Å²) in [6.07, 6.45) is 2.09. The molecule has 2 atom stereocenters. The summed E-state index contributed by atoms with van der Waals surface area (Å²) in [5.74, 6) is 1.78. The number of ether oxygens (including phenoxy) is 1. The molecule has 0 spiro atoms. The molecule has 1 heterocycles. The Hall–Kier alpha value is -1.02. The average molecular weight is 275 g/mol. The van der Waals surface area contributed by atoms with Crippen LogP contribution in [0.5, 0.6) is 5.75 Å². The Balaban J connectivity index is 2.37. The van der Waals surface area contributed by atoms with Gasteiger partial charge in [-0.3, -0.25) is 0 Å². The summed E-state index contributed by atoms with van der Waals surface area (Å²) >= 11 is 0. The highest BCUT2D eigenvalue weighted by Gasteiger charge is 2.36. The number of nitrogens with one attached hydrogen (secondary N) is 1. The van der Waals surface area contributed by atoms with Gasteiger partial charge in [0.2, 0.25) is 0 Å². The molecule has 0 aliphatic carbocycles. The van der Waals surface area contributed by atoms with Crippen molar-refractivity contribution in [2.45, 2.75) is 66.0 Å². The summed E-state index contributed by atoms with van der Waals surface area (Å²) in [6.45, 7) is 14.4. The van der Waals surface area contributed by atoms with E-state index in [9.17, 15) is 0 Å². The number of benzene rings is 1. The van der Waals surface area contributed by atoms with Crippen LogP contribution in [0.15, 0.2) is 12.1 Å². The monoisotopic (exact) mass is 275 g/mol. The highest BCUT2D eigenvalue weighted by Crippen LogP contribution is 2.43. The first-order valence-electron chi connectivity index (χ1n) is 7.89. The second-order valence-corrected chi connectivity index (χ2v) is 6.89. The maximum absolute atomic E-state index is 6.38. The molecule has 2 unspecified atom stereocenters. The third-order valence-electron chi connectivity index (χ3n) is 4.59. The molecule has 2 nitrogen and oxygen atoms in total. The molecule has 1 aliphatic rings. The van der Waals surface area contributed by atoms with Crippen molar-refractivity contribution < 1.29 is 4.74 Å². The molecule has 20 heavy (non-hydrogen) atoms. The second kappa shape index (κ2) is 5.77. The van der Waals surface area contributed by atoms with Crippen molar-refractivity contribution in [3.05, 3.63) is 28.8 Å². The van der Waals surface area contributed by atoms with Crippen LogP contribution >= 0.6 is 0 Å². The third-order valence-corrected chi connectivity index (χ3v) is 4.59. The zero-order valence-corrected chi connectivity index (χ0v) is 13.8. The molecule has 0 saturated carbocycles. The van der Waals surface area contributed by atoms with E-state index in [4.69, 9.17) is 4.74 Å². The van der Waals surface area contributed by atoms with Gasteiger partial charge in [0.1, 0.15) is 11.4 Å². The van der Waals surface area contributed by atoms with Gasteiger partial charge in [0.15, 0.2) is 0 Å². The Morgan fingerprint density at radius 1 is 1.35 bits per heavy atom. The van der Waals surface area contributed by atoms with E-state index in [2.05, 4.69) is 59.0 Å². The van der Waals surface area contributed by atoms with Crippen molar-refractivity contribution in [3.63, 3.8) is 0 Å². The molecule has 2 rings (SSSR count).